The maximum absolute atomic E-state index is 11.7. The van der Waals surface area contributed by atoms with Crippen molar-refractivity contribution in [1.82, 2.24) is 9.55 Å². The van der Waals surface area contributed by atoms with Gasteiger partial charge in [0, 0.05) is 18.3 Å². The van der Waals surface area contributed by atoms with E-state index in [0.717, 1.165) is 5.56 Å². The molecule has 90 valence electrons. The third-order valence-corrected chi connectivity index (χ3v) is 2.75. The first-order chi connectivity index (χ1) is 8.70. The van der Waals surface area contributed by atoms with Gasteiger partial charge in [0.25, 0.3) is 5.56 Å². The maximum Gasteiger partial charge on any atom is 0.253 e. The van der Waals surface area contributed by atoms with Crippen molar-refractivity contribution >= 4 is 0 Å². The summed E-state index contributed by atoms with van der Waals surface area (Å²) in [5.74, 6) is -0.339. The zero-order chi connectivity index (χ0) is 13.0. The molecule has 0 bridgehead atoms. The minimum absolute atomic E-state index is 0.126. The first kappa shape index (κ1) is 12.1. The van der Waals surface area contributed by atoms with Gasteiger partial charge in [0.05, 0.1) is 18.3 Å². The SMILES string of the molecule is Cc1cc(=O)n(CC(C#N)c2ccccc2)cn1. The third-order valence-electron chi connectivity index (χ3n) is 2.75. The number of nitrogens with zero attached hydrogens (tertiary/aromatic N) is 3. The molecule has 0 saturated heterocycles. The first-order valence-electron chi connectivity index (χ1n) is 5.68. The highest BCUT2D eigenvalue weighted by Gasteiger charge is 2.11. The number of hydrogen-bond acceptors (Lipinski definition) is 3. The lowest BCUT2D eigenvalue weighted by Crippen LogP contribution is -2.22. The topological polar surface area (TPSA) is 58.7 Å². The number of rotatable bonds is 3. The van der Waals surface area contributed by atoms with E-state index in [1.165, 1.54) is 17.0 Å². The molecule has 0 fully saturated rings. The Bertz CT molecular complexity index is 625. The molecule has 0 aliphatic carbocycles. The zero-order valence-corrected chi connectivity index (χ0v) is 10.1. The highest BCUT2D eigenvalue weighted by molar-refractivity contribution is 5.24. The van der Waals surface area contributed by atoms with Crippen LogP contribution in [0.4, 0.5) is 0 Å². The summed E-state index contributed by atoms with van der Waals surface area (Å²) in [7, 11) is 0. The van der Waals surface area contributed by atoms with E-state index in [1.807, 2.05) is 30.3 Å². The molecule has 1 heterocycles. The minimum atomic E-state index is -0.339. The van der Waals surface area contributed by atoms with Crippen LogP contribution in [-0.4, -0.2) is 9.55 Å². The molecule has 1 unspecified atom stereocenters. The van der Waals surface area contributed by atoms with Crippen molar-refractivity contribution in [2.24, 2.45) is 0 Å². The Balaban J connectivity index is 2.27. The average Bonchev–Trinajstić information content (AvgIpc) is 2.39. The number of nitriles is 1. The molecular formula is C14H13N3O. The van der Waals surface area contributed by atoms with E-state index in [-0.39, 0.29) is 11.5 Å². The summed E-state index contributed by atoms with van der Waals surface area (Å²) < 4.78 is 1.47. The molecule has 2 aromatic rings. The summed E-state index contributed by atoms with van der Waals surface area (Å²) >= 11 is 0. The summed E-state index contributed by atoms with van der Waals surface area (Å²) in [5, 5.41) is 9.20. The van der Waals surface area contributed by atoms with Crippen LogP contribution in [0.25, 0.3) is 0 Å². The largest absolute Gasteiger partial charge is 0.298 e. The number of aryl methyl sites for hydroxylation is 1. The van der Waals surface area contributed by atoms with Crippen LogP contribution < -0.4 is 5.56 Å². The predicted octanol–water partition coefficient (Wildman–Crippen LogP) is 1.86. The van der Waals surface area contributed by atoms with Crippen molar-refractivity contribution in [3.05, 3.63) is 64.3 Å². The van der Waals surface area contributed by atoms with Gasteiger partial charge in [0.15, 0.2) is 0 Å². The van der Waals surface area contributed by atoms with Gasteiger partial charge >= 0.3 is 0 Å². The van der Waals surface area contributed by atoms with E-state index < -0.39 is 0 Å². The van der Waals surface area contributed by atoms with Gasteiger partial charge in [-0.15, -0.1) is 0 Å². The van der Waals surface area contributed by atoms with Crippen LogP contribution >= 0.6 is 0 Å². The standard InChI is InChI=1S/C14H13N3O/c1-11-7-14(18)17(10-16-11)9-13(8-15)12-5-3-2-4-6-12/h2-7,10,13H,9H2,1H3. The molecule has 0 spiro atoms. The Morgan fingerprint density at radius 1 is 1.39 bits per heavy atom. The number of benzene rings is 1. The van der Waals surface area contributed by atoms with Crippen molar-refractivity contribution in [2.75, 3.05) is 0 Å². The predicted molar refractivity (Wildman–Crippen MR) is 68.0 cm³/mol. The summed E-state index contributed by atoms with van der Waals surface area (Å²) in [6, 6.07) is 13.1. The fraction of sp³-hybridized carbons (Fsp3) is 0.214. The van der Waals surface area contributed by atoms with Crippen LogP contribution in [-0.2, 0) is 6.54 Å². The molecule has 0 saturated carbocycles. The minimum Gasteiger partial charge on any atom is -0.298 e. The van der Waals surface area contributed by atoms with E-state index >= 15 is 0 Å². The molecule has 0 N–H and O–H groups in total. The van der Waals surface area contributed by atoms with Crippen LogP contribution in [0.2, 0.25) is 0 Å². The molecule has 0 aliphatic heterocycles. The highest BCUT2D eigenvalue weighted by atomic mass is 16.1. The molecule has 0 radical (unpaired) electrons. The van der Waals surface area contributed by atoms with Crippen molar-refractivity contribution in [1.29, 1.82) is 5.26 Å². The van der Waals surface area contributed by atoms with Gasteiger partial charge < -0.3 is 0 Å². The van der Waals surface area contributed by atoms with Gasteiger partial charge in [-0.3, -0.25) is 9.36 Å². The normalized spacial score (nSPS) is 11.8. The van der Waals surface area contributed by atoms with E-state index in [1.54, 1.807) is 6.92 Å². The molecule has 1 aromatic carbocycles. The second-order valence-electron chi connectivity index (χ2n) is 4.11. The van der Waals surface area contributed by atoms with E-state index in [0.29, 0.717) is 12.2 Å². The molecule has 18 heavy (non-hydrogen) atoms. The van der Waals surface area contributed by atoms with Crippen molar-refractivity contribution in [2.45, 2.75) is 19.4 Å². The van der Waals surface area contributed by atoms with Gasteiger partial charge in [-0.1, -0.05) is 30.3 Å². The van der Waals surface area contributed by atoms with Gasteiger partial charge in [-0.05, 0) is 12.5 Å². The lowest BCUT2D eigenvalue weighted by atomic mass is 10.0. The van der Waals surface area contributed by atoms with Gasteiger partial charge in [0.2, 0.25) is 0 Å². The van der Waals surface area contributed by atoms with Gasteiger partial charge in [0.1, 0.15) is 0 Å². The Hall–Kier alpha value is -2.41. The van der Waals surface area contributed by atoms with E-state index in [4.69, 9.17) is 0 Å². The molecule has 4 nitrogen and oxygen atoms in total. The van der Waals surface area contributed by atoms with Crippen LogP contribution in [0.5, 0.6) is 0 Å². The Kier molecular flexibility index (Phi) is 3.54. The van der Waals surface area contributed by atoms with Crippen LogP contribution in [0.3, 0.4) is 0 Å². The average molecular weight is 239 g/mol. The quantitative estimate of drug-likeness (QED) is 0.821. The highest BCUT2D eigenvalue weighted by Crippen LogP contribution is 2.15. The molecule has 4 heteroatoms. The van der Waals surface area contributed by atoms with Crippen LogP contribution in [0.1, 0.15) is 17.2 Å². The van der Waals surface area contributed by atoms with Crippen molar-refractivity contribution < 1.29 is 0 Å². The summed E-state index contributed by atoms with van der Waals surface area (Å²) in [6.07, 6.45) is 1.49. The fourth-order valence-electron chi connectivity index (χ4n) is 1.76. The molecule has 0 aliphatic rings. The third kappa shape index (κ3) is 2.64. The Morgan fingerprint density at radius 2 is 2.11 bits per heavy atom. The Labute approximate surface area is 105 Å². The maximum atomic E-state index is 11.7. The zero-order valence-electron chi connectivity index (χ0n) is 10.1. The number of aromatic nitrogens is 2. The van der Waals surface area contributed by atoms with Crippen molar-refractivity contribution in [3.63, 3.8) is 0 Å². The molecule has 0 amide bonds. The molecule has 1 atom stereocenters. The smallest absolute Gasteiger partial charge is 0.253 e. The van der Waals surface area contributed by atoms with Gasteiger partial charge in [-0.2, -0.15) is 5.26 Å². The van der Waals surface area contributed by atoms with Gasteiger partial charge in [-0.25, -0.2) is 4.98 Å². The van der Waals surface area contributed by atoms with Crippen LogP contribution in [0.15, 0.2) is 47.5 Å². The first-order valence-corrected chi connectivity index (χ1v) is 5.68. The van der Waals surface area contributed by atoms with E-state index in [2.05, 4.69) is 11.1 Å². The molecule has 1 aromatic heterocycles. The van der Waals surface area contributed by atoms with Crippen molar-refractivity contribution in [3.8, 4) is 6.07 Å². The number of hydrogen-bond donors (Lipinski definition) is 0. The summed E-state index contributed by atoms with van der Waals surface area (Å²) in [4.78, 5) is 15.8. The lowest BCUT2D eigenvalue weighted by Gasteiger charge is -2.11. The Morgan fingerprint density at radius 3 is 2.72 bits per heavy atom. The van der Waals surface area contributed by atoms with Crippen LogP contribution in [0, 0.1) is 18.3 Å². The molecular weight excluding hydrogens is 226 g/mol. The monoisotopic (exact) mass is 239 g/mol. The second-order valence-corrected chi connectivity index (χ2v) is 4.11. The molecule has 2 rings (SSSR count). The fourth-order valence-corrected chi connectivity index (χ4v) is 1.76. The lowest BCUT2D eigenvalue weighted by molar-refractivity contribution is 0.610. The van der Waals surface area contributed by atoms with E-state index in [9.17, 15) is 10.1 Å². The summed E-state index contributed by atoms with van der Waals surface area (Å²) in [5.41, 5.74) is 1.47. The summed E-state index contributed by atoms with van der Waals surface area (Å²) in [6.45, 7) is 2.09. The second kappa shape index (κ2) is 5.28.